The zero-order chi connectivity index (χ0) is 16.1. The van der Waals surface area contributed by atoms with Gasteiger partial charge in [-0.15, -0.1) is 11.3 Å². The Balaban J connectivity index is 1.89. The van der Waals surface area contributed by atoms with Crippen LogP contribution in [0.3, 0.4) is 0 Å². The quantitative estimate of drug-likeness (QED) is 0.826. The van der Waals surface area contributed by atoms with Crippen LogP contribution in [0.25, 0.3) is 0 Å². The first-order valence-corrected chi connectivity index (χ1v) is 8.26. The molecule has 0 bridgehead atoms. The highest BCUT2D eigenvalue weighted by Crippen LogP contribution is 2.23. The van der Waals surface area contributed by atoms with Crippen molar-refractivity contribution in [3.05, 3.63) is 22.4 Å². The fourth-order valence-electron chi connectivity index (χ4n) is 2.64. The van der Waals surface area contributed by atoms with E-state index < -0.39 is 0 Å². The summed E-state index contributed by atoms with van der Waals surface area (Å²) in [6.45, 7) is 4.41. The Bertz CT molecular complexity index is 506. The Labute approximate surface area is 134 Å². The van der Waals surface area contributed by atoms with Gasteiger partial charge < -0.3 is 15.4 Å². The SMILES string of the molecule is CC(C(=O)N1CCOC(CN(C)CC(N)=O)C1)c1cccs1. The number of rotatable bonds is 6. The zero-order valence-electron chi connectivity index (χ0n) is 13.0. The third-order valence-corrected chi connectivity index (χ3v) is 4.79. The number of hydrogen-bond donors (Lipinski definition) is 1. The molecule has 0 aromatic carbocycles. The maximum atomic E-state index is 12.6. The lowest BCUT2D eigenvalue weighted by molar-refractivity contribution is -0.140. The normalized spacial score (nSPS) is 20.1. The van der Waals surface area contributed by atoms with Crippen molar-refractivity contribution >= 4 is 23.2 Å². The van der Waals surface area contributed by atoms with Gasteiger partial charge in [0, 0.05) is 24.5 Å². The van der Waals surface area contributed by atoms with Gasteiger partial charge in [0.1, 0.15) is 0 Å². The predicted octanol–water partition coefficient (Wildman–Crippen LogP) is 0.496. The number of carbonyl (C=O) groups excluding carboxylic acids is 2. The second-order valence-corrected chi connectivity index (χ2v) is 6.66. The van der Waals surface area contributed by atoms with E-state index in [9.17, 15) is 9.59 Å². The van der Waals surface area contributed by atoms with E-state index in [1.807, 2.05) is 41.3 Å². The number of morpholine rings is 1. The maximum absolute atomic E-state index is 12.6. The molecule has 1 aromatic rings. The summed E-state index contributed by atoms with van der Waals surface area (Å²) in [5, 5.41) is 1.99. The molecule has 2 heterocycles. The van der Waals surface area contributed by atoms with E-state index in [1.54, 1.807) is 11.3 Å². The first-order valence-electron chi connectivity index (χ1n) is 7.38. The lowest BCUT2D eigenvalue weighted by Gasteiger charge is -2.35. The molecular weight excluding hydrogens is 302 g/mol. The number of thiophene rings is 1. The molecule has 1 aliphatic rings. The molecule has 0 aliphatic carbocycles. The molecule has 0 radical (unpaired) electrons. The fourth-order valence-corrected chi connectivity index (χ4v) is 3.42. The molecule has 2 N–H and O–H groups in total. The molecule has 22 heavy (non-hydrogen) atoms. The molecule has 2 unspecified atom stereocenters. The molecule has 0 spiro atoms. The highest BCUT2D eigenvalue weighted by molar-refractivity contribution is 7.10. The molecule has 1 saturated heterocycles. The number of hydrogen-bond acceptors (Lipinski definition) is 5. The second kappa shape index (κ2) is 7.71. The van der Waals surface area contributed by atoms with Crippen molar-refractivity contribution in [3.8, 4) is 0 Å². The number of primary amides is 1. The first-order chi connectivity index (χ1) is 10.5. The van der Waals surface area contributed by atoms with E-state index in [-0.39, 0.29) is 30.4 Å². The summed E-state index contributed by atoms with van der Waals surface area (Å²) in [4.78, 5) is 28.3. The van der Waals surface area contributed by atoms with Crippen LogP contribution < -0.4 is 5.73 Å². The smallest absolute Gasteiger partial charge is 0.231 e. The van der Waals surface area contributed by atoms with Crippen molar-refractivity contribution < 1.29 is 14.3 Å². The molecule has 1 fully saturated rings. The molecule has 2 atom stereocenters. The summed E-state index contributed by atoms with van der Waals surface area (Å²) >= 11 is 1.60. The van der Waals surface area contributed by atoms with Crippen LogP contribution in [0.5, 0.6) is 0 Å². The van der Waals surface area contributed by atoms with Crippen molar-refractivity contribution in [1.82, 2.24) is 9.80 Å². The lowest BCUT2D eigenvalue weighted by atomic mass is 10.1. The van der Waals surface area contributed by atoms with Gasteiger partial charge in [-0.05, 0) is 25.4 Å². The third-order valence-electron chi connectivity index (χ3n) is 3.73. The Hall–Kier alpha value is -1.44. The average molecular weight is 325 g/mol. The number of carbonyl (C=O) groups is 2. The van der Waals surface area contributed by atoms with Crippen LogP contribution in [0.4, 0.5) is 0 Å². The minimum absolute atomic E-state index is 0.0856. The second-order valence-electron chi connectivity index (χ2n) is 5.68. The Morgan fingerprint density at radius 1 is 1.59 bits per heavy atom. The predicted molar refractivity (Wildman–Crippen MR) is 85.7 cm³/mol. The highest BCUT2D eigenvalue weighted by atomic mass is 32.1. The van der Waals surface area contributed by atoms with Crippen molar-refractivity contribution in [2.75, 3.05) is 39.8 Å². The Morgan fingerprint density at radius 2 is 2.36 bits per heavy atom. The first kappa shape index (κ1) is 16.9. The van der Waals surface area contributed by atoms with E-state index in [0.717, 1.165) is 4.88 Å². The van der Waals surface area contributed by atoms with Gasteiger partial charge in [-0.3, -0.25) is 14.5 Å². The Morgan fingerprint density at radius 3 is 3.00 bits per heavy atom. The van der Waals surface area contributed by atoms with Gasteiger partial charge in [-0.2, -0.15) is 0 Å². The van der Waals surface area contributed by atoms with Crippen molar-refractivity contribution in [1.29, 1.82) is 0 Å². The van der Waals surface area contributed by atoms with E-state index in [0.29, 0.717) is 26.2 Å². The number of ether oxygens (including phenoxy) is 1. The summed E-state index contributed by atoms with van der Waals surface area (Å²) in [7, 11) is 1.82. The van der Waals surface area contributed by atoms with Gasteiger partial charge in [0.25, 0.3) is 0 Å². The molecule has 7 heteroatoms. The van der Waals surface area contributed by atoms with Crippen molar-refractivity contribution in [3.63, 3.8) is 0 Å². The van der Waals surface area contributed by atoms with Crippen LogP contribution in [-0.2, 0) is 14.3 Å². The molecular formula is C15H23N3O3S. The molecule has 2 rings (SSSR count). The van der Waals surface area contributed by atoms with Crippen molar-refractivity contribution in [2.24, 2.45) is 5.73 Å². The average Bonchev–Trinajstić information content (AvgIpc) is 2.99. The summed E-state index contributed by atoms with van der Waals surface area (Å²) < 4.78 is 5.70. The number of nitrogens with two attached hydrogens (primary N) is 1. The topological polar surface area (TPSA) is 75.9 Å². The molecule has 1 aromatic heterocycles. The van der Waals surface area contributed by atoms with Gasteiger partial charge in [-0.25, -0.2) is 0 Å². The van der Waals surface area contributed by atoms with Crippen LogP contribution in [0.15, 0.2) is 17.5 Å². The zero-order valence-corrected chi connectivity index (χ0v) is 13.8. The van der Waals surface area contributed by atoms with Crippen molar-refractivity contribution in [2.45, 2.75) is 18.9 Å². The molecule has 6 nitrogen and oxygen atoms in total. The highest BCUT2D eigenvalue weighted by Gasteiger charge is 2.29. The minimum atomic E-state index is -0.363. The number of amides is 2. The van der Waals surface area contributed by atoms with Gasteiger partial charge >= 0.3 is 0 Å². The standard InChI is InChI=1S/C15H23N3O3S/c1-11(13-4-3-7-22-13)15(20)18-5-6-21-12(9-18)8-17(2)10-14(16)19/h3-4,7,11-12H,5-6,8-10H2,1-2H3,(H2,16,19). The van der Waals surface area contributed by atoms with E-state index in [1.165, 1.54) is 0 Å². The fraction of sp³-hybridized carbons (Fsp3) is 0.600. The molecule has 0 saturated carbocycles. The number of likely N-dealkylation sites (N-methyl/N-ethyl adjacent to an activating group) is 1. The van der Waals surface area contributed by atoms with Gasteiger partial charge in [0.05, 0.1) is 25.2 Å². The maximum Gasteiger partial charge on any atom is 0.231 e. The van der Waals surface area contributed by atoms with E-state index >= 15 is 0 Å². The van der Waals surface area contributed by atoms with Crippen LogP contribution in [-0.4, -0.2) is 67.6 Å². The van der Waals surface area contributed by atoms with Gasteiger partial charge in [0.15, 0.2) is 0 Å². The van der Waals surface area contributed by atoms with Gasteiger partial charge in [-0.1, -0.05) is 6.07 Å². The monoisotopic (exact) mass is 325 g/mol. The van der Waals surface area contributed by atoms with Crippen LogP contribution in [0, 0.1) is 0 Å². The molecule has 2 amide bonds. The molecule has 1 aliphatic heterocycles. The lowest BCUT2D eigenvalue weighted by Crippen LogP contribution is -2.50. The number of nitrogens with zero attached hydrogens (tertiary/aromatic N) is 2. The minimum Gasteiger partial charge on any atom is -0.373 e. The Kier molecular flexibility index (Phi) is 5.93. The summed E-state index contributed by atoms with van der Waals surface area (Å²) in [6.07, 6.45) is -0.0856. The van der Waals surface area contributed by atoms with Gasteiger partial charge in [0.2, 0.25) is 11.8 Å². The van der Waals surface area contributed by atoms with Crippen LogP contribution in [0.2, 0.25) is 0 Å². The van der Waals surface area contributed by atoms with Crippen LogP contribution >= 0.6 is 11.3 Å². The largest absolute Gasteiger partial charge is 0.373 e. The summed E-state index contributed by atoms with van der Waals surface area (Å²) in [5.74, 6) is -0.354. The van der Waals surface area contributed by atoms with E-state index in [2.05, 4.69) is 0 Å². The summed E-state index contributed by atoms with van der Waals surface area (Å²) in [5.41, 5.74) is 5.18. The molecule has 122 valence electrons. The van der Waals surface area contributed by atoms with Crippen LogP contribution in [0.1, 0.15) is 17.7 Å². The van der Waals surface area contributed by atoms with E-state index in [4.69, 9.17) is 10.5 Å². The summed E-state index contributed by atoms with van der Waals surface area (Å²) in [6, 6.07) is 3.95. The third kappa shape index (κ3) is 4.53.